The third-order valence-corrected chi connectivity index (χ3v) is 5.42. The fourth-order valence-electron chi connectivity index (χ4n) is 4.05. The summed E-state index contributed by atoms with van der Waals surface area (Å²) in [5, 5.41) is 20.2. The molecule has 1 saturated heterocycles. The van der Waals surface area contributed by atoms with Gasteiger partial charge in [0.25, 0.3) is 17.7 Å². The Morgan fingerprint density at radius 3 is 2.03 bits per heavy atom. The summed E-state index contributed by atoms with van der Waals surface area (Å²) in [6.07, 6.45) is 6.03. The molecule has 2 aliphatic rings. The summed E-state index contributed by atoms with van der Waals surface area (Å²) >= 11 is 0. The van der Waals surface area contributed by atoms with Crippen LogP contribution in [0.1, 0.15) is 11.1 Å². The van der Waals surface area contributed by atoms with E-state index < -0.39 is 29.1 Å². The highest BCUT2D eigenvalue weighted by Crippen LogP contribution is 2.50. The third kappa shape index (κ3) is 2.79. The van der Waals surface area contributed by atoms with Crippen LogP contribution >= 0.6 is 0 Å². The van der Waals surface area contributed by atoms with Gasteiger partial charge in [0.15, 0.2) is 0 Å². The summed E-state index contributed by atoms with van der Waals surface area (Å²) in [5.41, 5.74) is 2.74. The van der Waals surface area contributed by atoms with Gasteiger partial charge >= 0.3 is 0 Å². The maximum Gasteiger partial charge on any atom is 0.276 e. The number of rotatable bonds is 4. The Bertz CT molecular complexity index is 1070. The number of fused-ring (bicyclic) bond motifs is 1. The fourth-order valence-corrected chi connectivity index (χ4v) is 4.05. The van der Waals surface area contributed by atoms with Crippen LogP contribution in [0.15, 0.2) is 85.0 Å². The third-order valence-electron chi connectivity index (χ3n) is 5.42. The first-order valence-corrected chi connectivity index (χ1v) is 9.18. The number of amides is 3. The molecule has 0 spiro atoms. The van der Waals surface area contributed by atoms with E-state index in [9.17, 15) is 24.6 Å². The molecular formula is C23H18N2O5. The minimum Gasteiger partial charge on any atom is -0.508 e. The van der Waals surface area contributed by atoms with E-state index in [-0.39, 0.29) is 17.1 Å². The molecule has 0 aromatic heterocycles. The number of hydrogen-bond donors (Lipinski definition) is 3. The predicted octanol–water partition coefficient (Wildman–Crippen LogP) is 2.08. The Morgan fingerprint density at radius 1 is 1.00 bits per heavy atom. The first-order chi connectivity index (χ1) is 14.4. The molecule has 2 aromatic rings. The SMILES string of the molecule is C=CC(=O)NN1C(=O)C2=CC=CC(c3ccc(O)cc3)(c3ccc(O)cc3)C2C1=O. The monoisotopic (exact) mass is 402 g/mol. The van der Waals surface area contributed by atoms with Gasteiger partial charge in [-0.1, -0.05) is 49.1 Å². The van der Waals surface area contributed by atoms with E-state index in [2.05, 4.69) is 12.0 Å². The van der Waals surface area contributed by atoms with E-state index >= 15 is 0 Å². The molecule has 1 fully saturated rings. The second-order valence-electron chi connectivity index (χ2n) is 7.04. The van der Waals surface area contributed by atoms with Gasteiger partial charge in [-0.05, 0) is 41.5 Å². The number of nitrogens with one attached hydrogen (secondary N) is 1. The van der Waals surface area contributed by atoms with Gasteiger partial charge in [0.2, 0.25) is 0 Å². The molecule has 0 bridgehead atoms. The van der Waals surface area contributed by atoms with Gasteiger partial charge in [-0.3, -0.25) is 19.8 Å². The Hall–Kier alpha value is -4.13. The van der Waals surface area contributed by atoms with Crippen molar-refractivity contribution in [3.63, 3.8) is 0 Å². The van der Waals surface area contributed by atoms with Crippen molar-refractivity contribution in [2.45, 2.75) is 5.41 Å². The topological polar surface area (TPSA) is 107 Å². The highest BCUT2D eigenvalue weighted by Gasteiger charge is 2.56. The number of aromatic hydroxyl groups is 2. The second kappa shape index (κ2) is 7.04. The van der Waals surface area contributed by atoms with Crippen LogP contribution in [0.4, 0.5) is 0 Å². The van der Waals surface area contributed by atoms with Gasteiger partial charge in [0.1, 0.15) is 11.5 Å². The lowest BCUT2D eigenvalue weighted by atomic mass is 9.62. The number of nitrogens with zero attached hydrogens (tertiary/aromatic N) is 1. The van der Waals surface area contributed by atoms with Gasteiger partial charge in [0, 0.05) is 5.57 Å². The lowest BCUT2D eigenvalue weighted by Gasteiger charge is -2.38. The first-order valence-electron chi connectivity index (χ1n) is 9.18. The highest BCUT2D eigenvalue weighted by molar-refractivity contribution is 6.17. The smallest absolute Gasteiger partial charge is 0.276 e. The van der Waals surface area contributed by atoms with Crippen molar-refractivity contribution in [3.8, 4) is 11.5 Å². The fraction of sp³-hybridized carbons (Fsp3) is 0.0870. The zero-order chi connectivity index (χ0) is 21.5. The second-order valence-corrected chi connectivity index (χ2v) is 7.04. The molecule has 0 radical (unpaired) electrons. The molecule has 150 valence electrons. The van der Waals surface area contributed by atoms with Crippen molar-refractivity contribution < 1.29 is 24.6 Å². The molecule has 3 amide bonds. The maximum absolute atomic E-state index is 13.4. The molecule has 7 nitrogen and oxygen atoms in total. The lowest BCUT2D eigenvalue weighted by Crippen LogP contribution is -2.48. The molecular weight excluding hydrogens is 384 g/mol. The zero-order valence-corrected chi connectivity index (χ0v) is 15.8. The number of benzene rings is 2. The predicted molar refractivity (Wildman–Crippen MR) is 108 cm³/mol. The summed E-state index contributed by atoms with van der Waals surface area (Å²) in [4.78, 5) is 38.1. The van der Waals surface area contributed by atoms with Crippen LogP contribution in [0.3, 0.4) is 0 Å². The van der Waals surface area contributed by atoms with Gasteiger partial charge in [-0.25, -0.2) is 0 Å². The maximum atomic E-state index is 13.4. The molecule has 1 atom stereocenters. The standard InChI is InChI=1S/C23H18N2O5/c1-2-19(28)24-25-21(29)18-4-3-13-23(20(18)22(25)30,14-5-9-16(26)10-6-14)15-7-11-17(27)12-8-15/h2-13,20,26-27H,1H2,(H,24,28). The molecule has 0 saturated carbocycles. The zero-order valence-electron chi connectivity index (χ0n) is 15.8. The normalized spacial score (nSPS) is 19.3. The van der Waals surface area contributed by atoms with Crippen LogP contribution < -0.4 is 5.43 Å². The largest absolute Gasteiger partial charge is 0.508 e. The molecule has 1 aliphatic carbocycles. The Labute approximate surface area is 172 Å². The minimum atomic E-state index is -1.09. The van der Waals surface area contributed by atoms with Crippen LogP contribution in [-0.2, 0) is 19.8 Å². The molecule has 7 heteroatoms. The average molecular weight is 402 g/mol. The van der Waals surface area contributed by atoms with E-state index in [0.29, 0.717) is 16.1 Å². The Morgan fingerprint density at radius 2 is 1.53 bits per heavy atom. The van der Waals surface area contributed by atoms with Crippen molar-refractivity contribution in [3.05, 3.63) is 96.1 Å². The number of phenolic OH excluding ortho intramolecular Hbond substituents is 2. The molecule has 4 rings (SSSR count). The number of carbonyl (C=O) groups excluding carboxylic acids is 3. The van der Waals surface area contributed by atoms with Crippen molar-refractivity contribution in [1.82, 2.24) is 10.4 Å². The number of hydrogen-bond acceptors (Lipinski definition) is 5. The van der Waals surface area contributed by atoms with Crippen LogP contribution in [0.25, 0.3) is 0 Å². The molecule has 3 N–H and O–H groups in total. The Kier molecular flexibility index (Phi) is 4.50. The molecule has 1 aliphatic heterocycles. The van der Waals surface area contributed by atoms with E-state index in [1.54, 1.807) is 36.4 Å². The van der Waals surface area contributed by atoms with Gasteiger partial charge < -0.3 is 10.2 Å². The summed E-state index contributed by atoms with van der Waals surface area (Å²) in [7, 11) is 0. The van der Waals surface area contributed by atoms with Gasteiger partial charge in [-0.15, -0.1) is 0 Å². The van der Waals surface area contributed by atoms with Gasteiger partial charge in [-0.2, -0.15) is 5.01 Å². The quantitative estimate of drug-likeness (QED) is 0.536. The number of allylic oxidation sites excluding steroid dienone is 3. The summed E-state index contributed by atoms with van der Waals surface area (Å²) in [6.45, 7) is 3.35. The van der Waals surface area contributed by atoms with Crippen LogP contribution in [-0.4, -0.2) is 32.9 Å². The number of carbonyl (C=O) groups is 3. The van der Waals surface area contributed by atoms with E-state index in [0.717, 1.165) is 6.08 Å². The first kappa shape index (κ1) is 19.2. The van der Waals surface area contributed by atoms with Gasteiger partial charge in [0.05, 0.1) is 11.3 Å². The molecule has 1 heterocycles. The Balaban J connectivity index is 1.92. The minimum absolute atomic E-state index is 0.0591. The molecule has 30 heavy (non-hydrogen) atoms. The van der Waals surface area contributed by atoms with E-state index in [4.69, 9.17) is 0 Å². The van der Waals surface area contributed by atoms with E-state index in [1.165, 1.54) is 24.3 Å². The lowest BCUT2D eigenvalue weighted by molar-refractivity contribution is -0.147. The van der Waals surface area contributed by atoms with Crippen molar-refractivity contribution in [2.75, 3.05) is 0 Å². The average Bonchev–Trinajstić information content (AvgIpc) is 3.00. The van der Waals surface area contributed by atoms with Crippen LogP contribution in [0.2, 0.25) is 0 Å². The number of phenols is 2. The summed E-state index contributed by atoms with van der Waals surface area (Å²) in [6, 6.07) is 12.7. The number of imide groups is 1. The van der Waals surface area contributed by atoms with Crippen molar-refractivity contribution in [1.29, 1.82) is 0 Å². The van der Waals surface area contributed by atoms with Crippen LogP contribution in [0, 0.1) is 5.92 Å². The summed E-state index contributed by atoms with van der Waals surface area (Å²) < 4.78 is 0. The van der Waals surface area contributed by atoms with Crippen molar-refractivity contribution >= 4 is 17.7 Å². The van der Waals surface area contributed by atoms with Crippen molar-refractivity contribution in [2.24, 2.45) is 5.92 Å². The highest BCUT2D eigenvalue weighted by atomic mass is 16.3. The van der Waals surface area contributed by atoms with E-state index in [1.807, 2.05) is 6.08 Å². The summed E-state index contributed by atoms with van der Waals surface area (Å²) in [5.74, 6) is -2.72. The molecule has 2 aromatic carbocycles. The number of hydrazine groups is 1. The molecule has 1 unspecified atom stereocenters. The van der Waals surface area contributed by atoms with Crippen LogP contribution in [0.5, 0.6) is 11.5 Å².